The van der Waals surface area contributed by atoms with Crippen molar-refractivity contribution in [1.29, 1.82) is 0 Å². The van der Waals surface area contributed by atoms with Crippen molar-refractivity contribution < 1.29 is 13.2 Å². The number of benzene rings is 1. The van der Waals surface area contributed by atoms with Gasteiger partial charge < -0.3 is 4.90 Å². The number of aryl methyl sites for hydroxylation is 1. The lowest BCUT2D eigenvalue weighted by Gasteiger charge is -2.19. The van der Waals surface area contributed by atoms with Crippen molar-refractivity contribution in [1.82, 2.24) is 19.8 Å². The van der Waals surface area contributed by atoms with Crippen LogP contribution in [0.1, 0.15) is 48.0 Å². The molecule has 0 saturated carbocycles. The summed E-state index contributed by atoms with van der Waals surface area (Å²) in [6.45, 7) is 5.35. The van der Waals surface area contributed by atoms with E-state index in [0.29, 0.717) is 12.1 Å². The van der Waals surface area contributed by atoms with Gasteiger partial charge in [-0.1, -0.05) is 41.9 Å². The van der Waals surface area contributed by atoms with Gasteiger partial charge in [0.25, 0.3) is 15.9 Å². The zero-order chi connectivity index (χ0) is 20.7. The molecule has 0 radical (unpaired) electrons. The Balaban J connectivity index is 1.48. The number of carbonyl (C=O) groups excluding carboxylic acids is 1. The number of hydrogen-bond acceptors (Lipinski definition) is 7. The van der Waals surface area contributed by atoms with E-state index in [4.69, 9.17) is 0 Å². The molecular formula is C19H27N5O3S2. The highest BCUT2D eigenvalue weighted by Gasteiger charge is 2.21. The monoisotopic (exact) mass is 437 g/mol. The van der Waals surface area contributed by atoms with E-state index in [0.717, 1.165) is 43.0 Å². The summed E-state index contributed by atoms with van der Waals surface area (Å²) in [7, 11) is -3.73. The molecule has 10 heteroatoms. The standard InChI is InChI=1S/C19H27N5O3S2/c1-15-7-9-16(10-8-15)17(25)21-18-22-23-19(28-18)29(26,27)20-11-6-14-24-12-4-2-3-5-13-24/h7-10,20H,2-6,11-14H2,1H3,(H,21,22,25). The fraction of sp³-hybridized carbons (Fsp3) is 0.526. The van der Waals surface area contributed by atoms with Gasteiger partial charge in [0.05, 0.1) is 0 Å². The van der Waals surface area contributed by atoms with Crippen LogP contribution < -0.4 is 10.0 Å². The van der Waals surface area contributed by atoms with Crippen molar-refractivity contribution in [2.24, 2.45) is 0 Å². The largest absolute Gasteiger partial charge is 0.303 e. The molecule has 0 unspecified atom stereocenters. The molecule has 29 heavy (non-hydrogen) atoms. The lowest BCUT2D eigenvalue weighted by Crippen LogP contribution is -2.30. The highest BCUT2D eigenvalue weighted by atomic mass is 32.2. The Labute approximate surface area is 175 Å². The van der Waals surface area contributed by atoms with Crippen LogP contribution in [0.3, 0.4) is 0 Å². The van der Waals surface area contributed by atoms with Gasteiger partial charge in [0.15, 0.2) is 0 Å². The maximum atomic E-state index is 12.4. The second-order valence-corrected chi connectivity index (χ2v) is 10.1. The first kappa shape index (κ1) is 21.8. The van der Waals surface area contributed by atoms with E-state index in [2.05, 4.69) is 25.1 Å². The second-order valence-electron chi connectivity index (χ2n) is 7.20. The average molecular weight is 438 g/mol. The zero-order valence-electron chi connectivity index (χ0n) is 16.6. The molecule has 8 nitrogen and oxygen atoms in total. The first-order chi connectivity index (χ1) is 13.9. The zero-order valence-corrected chi connectivity index (χ0v) is 18.2. The Morgan fingerprint density at radius 3 is 2.48 bits per heavy atom. The molecule has 2 heterocycles. The molecule has 2 aromatic rings. The molecule has 1 amide bonds. The molecule has 2 N–H and O–H groups in total. The smallest absolute Gasteiger partial charge is 0.269 e. The van der Waals surface area contributed by atoms with Gasteiger partial charge in [0.2, 0.25) is 9.47 Å². The van der Waals surface area contributed by atoms with Crippen molar-refractivity contribution >= 4 is 32.4 Å². The summed E-state index contributed by atoms with van der Waals surface area (Å²) in [5.41, 5.74) is 1.52. The molecular weight excluding hydrogens is 410 g/mol. The summed E-state index contributed by atoms with van der Waals surface area (Å²) in [6, 6.07) is 7.07. The first-order valence-electron chi connectivity index (χ1n) is 9.87. The van der Waals surface area contributed by atoms with E-state index >= 15 is 0 Å². The van der Waals surface area contributed by atoms with Crippen LogP contribution in [-0.4, -0.2) is 55.6 Å². The van der Waals surface area contributed by atoms with Crippen LogP contribution in [-0.2, 0) is 10.0 Å². The third-order valence-corrected chi connectivity index (χ3v) is 7.48. The Kier molecular flexibility index (Phi) is 7.70. The Morgan fingerprint density at radius 1 is 1.10 bits per heavy atom. The van der Waals surface area contributed by atoms with Crippen LogP contribution in [0, 0.1) is 6.92 Å². The summed E-state index contributed by atoms with van der Waals surface area (Å²) in [6.07, 6.45) is 5.74. The fourth-order valence-electron chi connectivity index (χ4n) is 3.17. The van der Waals surface area contributed by atoms with Crippen LogP contribution in [0.5, 0.6) is 0 Å². The van der Waals surface area contributed by atoms with Crippen molar-refractivity contribution in [3.63, 3.8) is 0 Å². The van der Waals surface area contributed by atoms with Crippen LogP contribution in [0.4, 0.5) is 5.13 Å². The molecule has 1 saturated heterocycles. The molecule has 1 aliphatic heterocycles. The number of likely N-dealkylation sites (tertiary alicyclic amines) is 1. The van der Waals surface area contributed by atoms with Crippen LogP contribution in [0.2, 0.25) is 0 Å². The molecule has 1 aromatic heterocycles. The molecule has 0 bridgehead atoms. The van der Waals surface area contributed by atoms with Crippen molar-refractivity contribution in [3.8, 4) is 0 Å². The predicted octanol–water partition coefficient (Wildman–Crippen LogP) is 2.64. The van der Waals surface area contributed by atoms with E-state index in [9.17, 15) is 13.2 Å². The topological polar surface area (TPSA) is 104 Å². The minimum Gasteiger partial charge on any atom is -0.303 e. The normalized spacial score (nSPS) is 15.8. The predicted molar refractivity (Wildman–Crippen MR) is 114 cm³/mol. The molecule has 158 valence electrons. The van der Waals surface area contributed by atoms with Crippen LogP contribution >= 0.6 is 11.3 Å². The van der Waals surface area contributed by atoms with Crippen molar-refractivity contribution in [2.45, 2.75) is 43.4 Å². The number of sulfonamides is 1. The Bertz CT molecular complexity index is 904. The summed E-state index contributed by atoms with van der Waals surface area (Å²) in [4.78, 5) is 14.6. The number of nitrogens with zero attached hydrogens (tertiary/aromatic N) is 3. The number of nitrogens with one attached hydrogen (secondary N) is 2. The van der Waals surface area contributed by atoms with Crippen LogP contribution in [0.15, 0.2) is 28.6 Å². The number of carbonyl (C=O) groups is 1. The van der Waals surface area contributed by atoms with Gasteiger partial charge in [-0.25, -0.2) is 13.1 Å². The quantitative estimate of drug-likeness (QED) is 0.486. The van der Waals surface area contributed by atoms with Crippen molar-refractivity contribution in [3.05, 3.63) is 35.4 Å². The number of rotatable bonds is 8. The van der Waals surface area contributed by atoms with Crippen molar-refractivity contribution in [2.75, 3.05) is 31.5 Å². The van der Waals surface area contributed by atoms with Gasteiger partial charge in [-0.2, -0.15) is 0 Å². The van der Waals surface area contributed by atoms with Gasteiger partial charge in [-0.05, 0) is 58.0 Å². The fourth-order valence-corrected chi connectivity index (χ4v) is 5.18. The molecule has 3 rings (SSSR count). The van der Waals surface area contributed by atoms with Gasteiger partial charge in [-0.3, -0.25) is 10.1 Å². The van der Waals surface area contributed by atoms with Crippen LogP contribution in [0.25, 0.3) is 0 Å². The van der Waals surface area contributed by atoms with E-state index in [-0.39, 0.29) is 15.4 Å². The van der Waals surface area contributed by atoms with Gasteiger partial charge >= 0.3 is 0 Å². The summed E-state index contributed by atoms with van der Waals surface area (Å²) < 4.78 is 27.3. The third-order valence-electron chi connectivity index (χ3n) is 4.81. The minimum atomic E-state index is -3.73. The third kappa shape index (κ3) is 6.56. The van der Waals surface area contributed by atoms with Gasteiger partial charge in [0, 0.05) is 12.1 Å². The SMILES string of the molecule is Cc1ccc(C(=O)Nc2nnc(S(=O)(=O)NCCCN3CCCCCC3)s2)cc1. The number of anilines is 1. The van der Waals surface area contributed by atoms with E-state index in [1.807, 2.05) is 19.1 Å². The highest BCUT2D eigenvalue weighted by molar-refractivity contribution is 7.91. The first-order valence-corrected chi connectivity index (χ1v) is 12.2. The number of hydrogen-bond donors (Lipinski definition) is 2. The molecule has 0 atom stereocenters. The van der Waals surface area contributed by atoms with E-state index < -0.39 is 10.0 Å². The van der Waals surface area contributed by atoms with E-state index in [1.165, 1.54) is 25.7 Å². The average Bonchev–Trinajstić information content (AvgIpc) is 3.02. The Morgan fingerprint density at radius 2 is 1.79 bits per heavy atom. The highest BCUT2D eigenvalue weighted by Crippen LogP contribution is 2.20. The molecule has 1 aromatic carbocycles. The van der Waals surface area contributed by atoms with E-state index in [1.54, 1.807) is 12.1 Å². The number of aromatic nitrogens is 2. The maximum absolute atomic E-state index is 12.4. The Hall–Kier alpha value is -1.88. The lowest BCUT2D eigenvalue weighted by atomic mass is 10.1. The lowest BCUT2D eigenvalue weighted by molar-refractivity contribution is 0.102. The summed E-state index contributed by atoms with van der Waals surface area (Å²) in [5.74, 6) is -0.351. The second kappa shape index (κ2) is 10.2. The maximum Gasteiger partial charge on any atom is 0.269 e. The van der Waals surface area contributed by atoms with Gasteiger partial charge in [-0.15, -0.1) is 10.2 Å². The summed E-state index contributed by atoms with van der Waals surface area (Å²) in [5, 5.41) is 10.3. The molecule has 1 fully saturated rings. The van der Waals surface area contributed by atoms with Gasteiger partial charge in [0.1, 0.15) is 0 Å². The minimum absolute atomic E-state index is 0.147. The summed E-state index contributed by atoms with van der Waals surface area (Å²) >= 11 is 0.840. The number of amides is 1. The molecule has 0 aliphatic carbocycles. The molecule has 0 spiro atoms. The molecule has 1 aliphatic rings.